The molecule has 0 bridgehead atoms. The zero-order valence-electron chi connectivity index (χ0n) is 16.8. The number of nitrogens with zero attached hydrogens (tertiary/aromatic N) is 4. The fraction of sp³-hybridized carbons (Fsp3) is 0.381. The Morgan fingerprint density at radius 1 is 1.20 bits per heavy atom. The fourth-order valence-corrected chi connectivity index (χ4v) is 4.68. The molecule has 1 saturated heterocycles. The number of thioether (sulfide) groups is 1. The van der Waals surface area contributed by atoms with Crippen LogP contribution in [0.3, 0.4) is 0 Å². The van der Waals surface area contributed by atoms with Crippen molar-refractivity contribution in [3.8, 4) is 5.75 Å². The molecule has 1 aliphatic heterocycles. The second-order valence-electron chi connectivity index (χ2n) is 7.07. The zero-order chi connectivity index (χ0) is 20.8. The van der Waals surface area contributed by atoms with Crippen LogP contribution in [0.25, 0.3) is 0 Å². The normalized spacial score (nSPS) is 14.8. The standard InChI is InChI=1S/C21H24N4O3S2/c1-27-18-4-2-3-16(11-18)12-19-22-23-21(28-19)30-15-20(26)25-8-6-24(7-9-25)13-17-5-10-29-14-17/h2-5,10-11,14H,6-9,12-13,15H2,1H3. The van der Waals surface area contributed by atoms with E-state index in [2.05, 4.69) is 31.9 Å². The summed E-state index contributed by atoms with van der Waals surface area (Å²) in [6.45, 7) is 4.27. The molecule has 3 heterocycles. The number of amides is 1. The van der Waals surface area contributed by atoms with E-state index in [0.717, 1.165) is 44.0 Å². The second kappa shape index (κ2) is 10.1. The molecule has 1 aromatic carbocycles. The average Bonchev–Trinajstić information content (AvgIpc) is 3.45. The van der Waals surface area contributed by atoms with Crippen LogP contribution in [0.4, 0.5) is 0 Å². The Balaban J connectivity index is 1.22. The molecule has 4 rings (SSSR count). The number of carbonyl (C=O) groups excluding carboxylic acids is 1. The molecule has 9 heteroatoms. The number of piperazine rings is 1. The summed E-state index contributed by atoms with van der Waals surface area (Å²) in [6, 6.07) is 9.91. The SMILES string of the molecule is COc1cccc(Cc2nnc(SCC(=O)N3CCN(Cc4ccsc4)CC3)o2)c1. The number of thiophene rings is 1. The van der Waals surface area contributed by atoms with Gasteiger partial charge in [0.25, 0.3) is 5.22 Å². The minimum absolute atomic E-state index is 0.114. The Labute approximate surface area is 184 Å². The highest BCUT2D eigenvalue weighted by Gasteiger charge is 2.22. The van der Waals surface area contributed by atoms with Crippen LogP contribution in [0.1, 0.15) is 17.0 Å². The summed E-state index contributed by atoms with van der Waals surface area (Å²) in [5, 5.41) is 12.9. The molecule has 3 aromatic rings. The summed E-state index contributed by atoms with van der Waals surface area (Å²) in [7, 11) is 1.64. The van der Waals surface area contributed by atoms with Crippen molar-refractivity contribution in [2.24, 2.45) is 0 Å². The van der Waals surface area contributed by atoms with Gasteiger partial charge < -0.3 is 14.1 Å². The quantitative estimate of drug-likeness (QED) is 0.494. The van der Waals surface area contributed by atoms with Gasteiger partial charge in [0.15, 0.2) is 0 Å². The number of hydrogen-bond donors (Lipinski definition) is 0. The van der Waals surface area contributed by atoms with Crippen LogP contribution in [0, 0.1) is 0 Å². The third kappa shape index (κ3) is 5.62. The lowest BCUT2D eigenvalue weighted by Gasteiger charge is -2.34. The smallest absolute Gasteiger partial charge is 0.277 e. The van der Waals surface area contributed by atoms with Crippen molar-refractivity contribution in [2.45, 2.75) is 18.2 Å². The second-order valence-corrected chi connectivity index (χ2v) is 8.77. The highest BCUT2D eigenvalue weighted by molar-refractivity contribution is 7.99. The number of hydrogen-bond acceptors (Lipinski definition) is 8. The maximum atomic E-state index is 12.5. The molecule has 0 aliphatic carbocycles. The molecule has 0 unspecified atom stereocenters. The number of rotatable bonds is 8. The van der Waals surface area contributed by atoms with E-state index in [4.69, 9.17) is 9.15 Å². The number of benzene rings is 1. The predicted octanol–water partition coefficient (Wildman–Crippen LogP) is 3.17. The summed E-state index contributed by atoms with van der Waals surface area (Å²) in [5.74, 6) is 1.75. The van der Waals surface area contributed by atoms with Gasteiger partial charge in [-0.25, -0.2) is 0 Å². The molecule has 0 saturated carbocycles. The van der Waals surface area contributed by atoms with Crippen molar-refractivity contribution in [3.05, 3.63) is 58.1 Å². The highest BCUT2D eigenvalue weighted by atomic mass is 32.2. The van der Waals surface area contributed by atoms with E-state index in [1.54, 1.807) is 18.4 Å². The molecule has 1 amide bonds. The van der Waals surface area contributed by atoms with E-state index in [1.807, 2.05) is 29.2 Å². The van der Waals surface area contributed by atoms with E-state index in [1.165, 1.54) is 17.3 Å². The van der Waals surface area contributed by atoms with Gasteiger partial charge in [0, 0.05) is 32.7 Å². The summed E-state index contributed by atoms with van der Waals surface area (Å²) in [5.41, 5.74) is 2.38. The maximum Gasteiger partial charge on any atom is 0.277 e. The van der Waals surface area contributed by atoms with Crippen molar-refractivity contribution in [1.82, 2.24) is 20.0 Å². The largest absolute Gasteiger partial charge is 0.497 e. The Hall–Kier alpha value is -2.36. The first-order valence-electron chi connectivity index (χ1n) is 9.79. The summed E-state index contributed by atoms with van der Waals surface area (Å²) in [6.07, 6.45) is 0.533. The van der Waals surface area contributed by atoms with Crippen LogP contribution >= 0.6 is 23.1 Å². The van der Waals surface area contributed by atoms with E-state index >= 15 is 0 Å². The third-order valence-corrected chi connectivity index (χ3v) is 6.50. The Morgan fingerprint density at radius 2 is 2.07 bits per heavy atom. The van der Waals surface area contributed by atoms with Crippen LogP contribution in [-0.2, 0) is 17.8 Å². The first-order chi connectivity index (χ1) is 14.7. The molecule has 0 radical (unpaired) electrons. The molecule has 1 aliphatic rings. The van der Waals surface area contributed by atoms with Gasteiger partial charge in [-0.05, 0) is 40.1 Å². The zero-order valence-corrected chi connectivity index (χ0v) is 18.5. The molecule has 158 valence electrons. The van der Waals surface area contributed by atoms with Crippen molar-refractivity contribution < 1.29 is 13.9 Å². The van der Waals surface area contributed by atoms with Crippen LogP contribution < -0.4 is 4.74 Å². The van der Waals surface area contributed by atoms with E-state index in [-0.39, 0.29) is 5.91 Å². The number of methoxy groups -OCH3 is 1. The third-order valence-electron chi connectivity index (χ3n) is 4.97. The first kappa shape index (κ1) is 20.9. The fourth-order valence-electron chi connectivity index (χ4n) is 3.34. The van der Waals surface area contributed by atoms with Crippen molar-refractivity contribution >= 4 is 29.0 Å². The number of carbonyl (C=O) groups is 1. The van der Waals surface area contributed by atoms with Crippen LogP contribution in [0.15, 0.2) is 50.7 Å². The van der Waals surface area contributed by atoms with Gasteiger partial charge in [0.05, 0.1) is 19.3 Å². The Kier molecular flexibility index (Phi) is 7.03. The molecule has 0 spiro atoms. The Morgan fingerprint density at radius 3 is 2.83 bits per heavy atom. The average molecular weight is 445 g/mol. The molecule has 2 aromatic heterocycles. The molecule has 1 fully saturated rings. The monoisotopic (exact) mass is 444 g/mol. The van der Waals surface area contributed by atoms with Gasteiger partial charge in [-0.3, -0.25) is 9.69 Å². The van der Waals surface area contributed by atoms with Gasteiger partial charge >= 0.3 is 0 Å². The van der Waals surface area contributed by atoms with Crippen molar-refractivity contribution in [2.75, 3.05) is 39.0 Å². The summed E-state index contributed by atoms with van der Waals surface area (Å²) < 4.78 is 10.9. The van der Waals surface area contributed by atoms with Crippen molar-refractivity contribution in [1.29, 1.82) is 0 Å². The van der Waals surface area contributed by atoms with Crippen LogP contribution in [-0.4, -0.2) is 64.9 Å². The maximum absolute atomic E-state index is 12.5. The van der Waals surface area contributed by atoms with E-state index < -0.39 is 0 Å². The highest BCUT2D eigenvalue weighted by Crippen LogP contribution is 2.20. The number of aromatic nitrogens is 2. The molecule has 7 nitrogen and oxygen atoms in total. The number of ether oxygens (including phenoxy) is 1. The van der Waals surface area contributed by atoms with Gasteiger partial charge in [-0.2, -0.15) is 11.3 Å². The van der Waals surface area contributed by atoms with Gasteiger partial charge in [-0.15, -0.1) is 10.2 Å². The van der Waals surface area contributed by atoms with E-state index in [0.29, 0.717) is 23.3 Å². The minimum atomic E-state index is 0.114. The van der Waals surface area contributed by atoms with E-state index in [9.17, 15) is 4.79 Å². The summed E-state index contributed by atoms with van der Waals surface area (Å²) >= 11 is 3.02. The Bertz CT molecular complexity index is 953. The summed E-state index contributed by atoms with van der Waals surface area (Å²) in [4.78, 5) is 16.9. The topological polar surface area (TPSA) is 71.7 Å². The molecular weight excluding hydrogens is 420 g/mol. The molecule has 0 N–H and O–H groups in total. The van der Waals surface area contributed by atoms with Crippen molar-refractivity contribution in [3.63, 3.8) is 0 Å². The van der Waals surface area contributed by atoms with Gasteiger partial charge in [0.2, 0.25) is 11.8 Å². The molecule has 0 atom stereocenters. The molecule has 30 heavy (non-hydrogen) atoms. The van der Waals surface area contributed by atoms with Crippen LogP contribution in [0.2, 0.25) is 0 Å². The minimum Gasteiger partial charge on any atom is -0.497 e. The lowest BCUT2D eigenvalue weighted by molar-refractivity contribution is -0.130. The molecular formula is C21H24N4O3S2. The lowest BCUT2D eigenvalue weighted by atomic mass is 10.1. The lowest BCUT2D eigenvalue weighted by Crippen LogP contribution is -2.48. The van der Waals surface area contributed by atoms with Crippen LogP contribution in [0.5, 0.6) is 5.75 Å². The van der Waals surface area contributed by atoms with Gasteiger partial charge in [0.1, 0.15) is 5.75 Å². The predicted molar refractivity (Wildman–Crippen MR) is 117 cm³/mol. The first-order valence-corrected chi connectivity index (χ1v) is 11.7. The van der Waals surface area contributed by atoms with Gasteiger partial charge in [-0.1, -0.05) is 23.9 Å².